The lowest BCUT2D eigenvalue weighted by Crippen LogP contribution is -2.22. The minimum atomic E-state index is -0.552. The largest absolute Gasteiger partial charge is 0.343 e. The standard InChI is InChI=1S/C12H10N6O4S/c19-11(13-5-9-2-1-3-23-9)12-15-10(16-22-12)7-17-6-8(4-14-17)18(20)21/h1-4,6H,5,7H2,(H,13,19). The zero-order chi connectivity index (χ0) is 16.2. The van der Waals surface area contributed by atoms with Crippen LogP contribution in [0.2, 0.25) is 0 Å². The van der Waals surface area contributed by atoms with E-state index in [1.807, 2.05) is 17.5 Å². The van der Waals surface area contributed by atoms with Gasteiger partial charge >= 0.3 is 17.5 Å². The maximum Gasteiger partial charge on any atom is 0.316 e. The first-order valence-electron chi connectivity index (χ1n) is 6.42. The van der Waals surface area contributed by atoms with E-state index in [2.05, 4.69) is 20.6 Å². The first-order valence-corrected chi connectivity index (χ1v) is 7.30. The zero-order valence-electron chi connectivity index (χ0n) is 11.6. The summed E-state index contributed by atoms with van der Waals surface area (Å²) in [7, 11) is 0. The van der Waals surface area contributed by atoms with Crippen LogP contribution in [0, 0.1) is 10.1 Å². The Kier molecular flexibility index (Phi) is 4.10. The first-order chi connectivity index (χ1) is 11.1. The number of nitro groups is 1. The van der Waals surface area contributed by atoms with Crippen molar-refractivity contribution in [1.29, 1.82) is 0 Å². The molecule has 3 aromatic heterocycles. The predicted octanol–water partition coefficient (Wildman–Crippen LogP) is 1.21. The third-order valence-corrected chi connectivity index (χ3v) is 3.68. The first kappa shape index (κ1) is 14.8. The number of aromatic nitrogens is 4. The molecular weight excluding hydrogens is 324 g/mol. The van der Waals surface area contributed by atoms with Crippen molar-refractivity contribution < 1.29 is 14.2 Å². The molecule has 0 aromatic carbocycles. The van der Waals surface area contributed by atoms with Crippen LogP contribution in [-0.2, 0) is 13.1 Å². The monoisotopic (exact) mass is 334 g/mol. The van der Waals surface area contributed by atoms with Crippen LogP contribution in [0.5, 0.6) is 0 Å². The van der Waals surface area contributed by atoms with E-state index in [1.165, 1.54) is 22.2 Å². The van der Waals surface area contributed by atoms with Gasteiger partial charge in [0.15, 0.2) is 5.82 Å². The quantitative estimate of drug-likeness (QED) is 0.530. The van der Waals surface area contributed by atoms with E-state index in [4.69, 9.17) is 4.52 Å². The van der Waals surface area contributed by atoms with Gasteiger partial charge in [0.1, 0.15) is 18.9 Å². The number of hydrogen-bond acceptors (Lipinski definition) is 8. The zero-order valence-corrected chi connectivity index (χ0v) is 12.4. The molecule has 0 radical (unpaired) electrons. The van der Waals surface area contributed by atoms with Gasteiger partial charge in [-0.3, -0.25) is 19.6 Å². The van der Waals surface area contributed by atoms with Crippen molar-refractivity contribution in [3.63, 3.8) is 0 Å². The Hall–Kier alpha value is -3.08. The van der Waals surface area contributed by atoms with E-state index in [-0.39, 0.29) is 23.9 Å². The van der Waals surface area contributed by atoms with Gasteiger partial charge in [0.25, 0.3) is 0 Å². The van der Waals surface area contributed by atoms with E-state index in [1.54, 1.807) is 0 Å². The lowest BCUT2D eigenvalue weighted by Gasteiger charge is -1.98. The Balaban J connectivity index is 1.60. The second-order valence-corrected chi connectivity index (χ2v) is 5.46. The Morgan fingerprint density at radius 2 is 2.39 bits per heavy atom. The van der Waals surface area contributed by atoms with E-state index in [0.29, 0.717) is 6.54 Å². The molecular formula is C12H10N6O4S. The van der Waals surface area contributed by atoms with Gasteiger partial charge in [-0.1, -0.05) is 11.2 Å². The maximum atomic E-state index is 11.9. The molecule has 0 spiro atoms. The van der Waals surface area contributed by atoms with Crippen LogP contribution >= 0.6 is 11.3 Å². The Bertz CT molecular complexity index is 824. The van der Waals surface area contributed by atoms with Crippen LogP contribution in [0.4, 0.5) is 5.69 Å². The summed E-state index contributed by atoms with van der Waals surface area (Å²) in [5.74, 6) is -0.453. The molecule has 0 atom stereocenters. The van der Waals surface area contributed by atoms with Gasteiger partial charge < -0.3 is 9.84 Å². The summed E-state index contributed by atoms with van der Waals surface area (Å²) in [5.41, 5.74) is -0.137. The van der Waals surface area contributed by atoms with Gasteiger partial charge in [0.05, 0.1) is 11.5 Å². The lowest BCUT2D eigenvalue weighted by molar-refractivity contribution is -0.385. The fourth-order valence-corrected chi connectivity index (χ4v) is 2.39. The van der Waals surface area contributed by atoms with E-state index < -0.39 is 10.8 Å². The van der Waals surface area contributed by atoms with Crippen molar-refractivity contribution in [1.82, 2.24) is 25.2 Å². The van der Waals surface area contributed by atoms with Crippen molar-refractivity contribution in [2.24, 2.45) is 0 Å². The lowest BCUT2D eigenvalue weighted by atomic mass is 10.4. The molecule has 0 aliphatic rings. The summed E-state index contributed by atoms with van der Waals surface area (Å²) >= 11 is 1.52. The van der Waals surface area contributed by atoms with Crippen molar-refractivity contribution in [2.45, 2.75) is 13.1 Å². The highest BCUT2D eigenvalue weighted by Crippen LogP contribution is 2.10. The molecule has 11 heteroatoms. The summed E-state index contributed by atoms with van der Waals surface area (Å²) < 4.78 is 6.17. The highest BCUT2D eigenvalue weighted by molar-refractivity contribution is 7.09. The number of nitrogens with one attached hydrogen (secondary N) is 1. The summed E-state index contributed by atoms with van der Waals surface area (Å²) in [4.78, 5) is 26.9. The molecule has 1 N–H and O–H groups in total. The summed E-state index contributed by atoms with van der Waals surface area (Å²) in [6.07, 6.45) is 2.36. The van der Waals surface area contributed by atoms with E-state index in [0.717, 1.165) is 11.1 Å². The number of thiophene rings is 1. The average Bonchev–Trinajstić information content (AvgIpc) is 3.27. The summed E-state index contributed by atoms with van der Waals surface area (Å²) in [6.45, 7) is 0.440. The summed E-state index contributed by atoms with van der Waals surface area (Å²) in [6, 6.07) is 3.79. The van der Waals surface area contributed by atoms with Crippen molar-refractivity contribution in [3.8, 4) is 0 Å². The van der Waals surface area contributed by atoms with Crippen LogP contribution < -0.4 is 5.32 Å². The summed E-state index contributed by atoms with van der Waals surface area (Å²) in [5, 5.41) is 22.6. The highest BCUT2D eigenvalue weighted by Gasteiger charge is 2.16. The van der Waals surface area contributed by atoms with Crippen LogP contribution in [0.3, 0.4) is 0 Å². The minimum absolute atomic E-state index is 0.0650. The molecule has 3 rings (SSSR count). The molecule has 1 amide bonds. The molecule has 0 unspecified atom stereocenters. The van der Waals surface area contributed by atoms with Gasteiger partial charge in [0.2, 0.25) is 0 Å². The number of rotatable bonds is 6. The van der Waals surface area contributed by atoms with Crippen LogP contribution in [0.1, 0.15) is 21.4 Å². The van der Waals surface area contributed by atoms with Gasteiger partial charge in [0, 0.05) is 4.88 Å². The van der Waals surface area contributed by atoms with Crippen LogP contribution in [-0.4, -0.2) is 30.8 Å². The second-order valence-electron chi connectivity index (χ2n) is 4.43. The van der Waals surface area contributed by atoms with Gasteiger partial charge in [-0.05, 0) is 11.4 Å². The molecule has 0 saturated heterocycles. The molecule has 3 heterocycles. The van der Waals surface area contributed by atoms with Crippen molar-refractivity contribution >= 4 is 22.9 Å². The van der Waals surface area contributed by atoms with Gasteiger partial charge in [-0.2, -0.15) is 10.1 Å². The molecule has 10 nitrogen and oxygen atoms in total. The fourth-order valence-electron chi connectivity index (χ4n) is 1.74. The van der Waals surface area contributed by atoms with Crippen molar-refractivity contribution in [3.05, 3.63) is 56.6 Å². The molecule has 3 aromatic rings. The number of carbonyl (C=O) groups excluding carboxylic acids is 1. The number of hydrogen-bond donors (Lipinski definition) is 1. The van der Waals surface area contributed by atoms with Crippen LogP contribution in [0.15, 0.2) is 34.4 Å². The smallest absolute Gasteiger partial charge is 0.316 e. The molecule has 118 valence electrons. The Morgan fingerprint density at radius 1 is 1.52 bits per heavy atom. The fraction of sp³-hybridized carbons (Fsp3) is 0.167. The number of carbonyl (C=O) groups is 1. The normalized spacial score (nSPS) is 10.6. The van der Waals surface area contributed by atoms with E-state index in [9.17, 15) is 14.9 Å². The topological polar surface area (TPSA) is 129 Å². The second kappa shape index (κ2) is 6.36. The molecule has 0 bridgehead atoms. The maximum absolute atomic E-state index is 11.9. The Morgan fingerprint density at radius 3 is 3.09 bits per heavy atom. The molecule has 0 aliphatic heterocycles. The van der Waals surface area contributed by atoms with Crippen molar-refractivity contribution in [2.75, 3.05) is 0 Å². The molecule has 0 saturated carbocycles. The molecule has 0 fully saturated rings. The SMILES string of the molecule is O=C(NCc1cccs1)c1nc(Cn2cc([N+](=O)[O-])cn2)no1. The third kappa shape index (κ3) is 3.58. The molecule has 23 heavy (non-hydrogen) atoms. The van der Waals surface area contributed by atoms with Crippen LogP contribution in [0.25, 0.3) is 0 Å². The highest BCUT2D eigenvalue weighted by atomic mass is 32.1. The Labute approximate surface area is 132 Å². The minimum Gasteiger partial charge on any atom is -0.343 e. The number of nitrogens with zero attached hydrogens (tertiary/aromatic N) is 5. The van der Waals surface area contributed by atoms with E-state index >= 15 is 0 Å². The molecule has 0 aliphatic carbocycles. The third-order valence-electron chi connectivity index (χ3n) is 2.80. The van der Waals surface area contributed by atoms with Gasteiger partial charge in [-0.15, -0.1) is 11.3 Å². The van der Waals surface area contributed by atoms with Gasteiger partial charge in [-0.25, -0.2) is 0 Å². The average molecular weight is 334 g/mol. The number of amides is 1. The predicted molar refractivity (Wildman–Crippen MR) is 77.8 cm³/mol.